The van der Waals surface area contributed by atoms with E-state index in [2.05, 4.69) is 25.1 Å². The number of hydrogen-bond acceptors (Lipinski definition) is 4. The van der Waals surface area contributed by atoms with Crippen molar-refractivity contribution in [3.8, 4) is 23.0 Å². The summed E-state index contributed by atoms with van der Waals surface area (Å²) >= 11 is 0. The van der Waals surface area contributed by atoms with Crippen LogP contribution in [0.4, 0.5) is 0 Å². The fourth-order valence-corrected chi connectivity index (χ4v) is 4.02. The van der Waals surface area contributed by atoms with E-state index in [1.54, 1.807) is 14.2 Å². The fourth-order valence-electron chi connectivity index (χ4n) is 4.02. The van der Waals surface area contributed by atoms with E-state index in [-0.39, 0.29) is 12.0 Å². The third kappa shape index (κ3) is 4.24. The van der Waals surface area contributed by atoms with Crippen LogP contribution in [0, 0.1) is 0 Å². The van der Waals surface area contributed by atoms with E-state index in [1.165, 1.54) is 0 Å². The second-order valence-electron chi connectivity index (χ2n) is 7.65. The minimum absolute atomic E-state index is 0.123. The first-order valence-electron chi connectivity index (χ1n) is 10.5. The lowest BCUT2D eigenvalue weighted by Gasteiger charge is -2.18. The van der Waals surface area contributed by atoms with Gasteiger partial charge in [0.1, 0.15) is 12.7 Å². The molecule has 0 fully saturated rings. The van der Waals surface area contributed by atoms with Gasteiger partial charge in [-0.05, 0) is 47.9 Å². The van der Waals surface area contributed by atoms with Crippen molar-refractivity contribution in [2.24, 2.45) is 0 Å². The molecule has 0 saturated heterocycles. The van der Waals surface area contributed by atoms with Gasteiger partial charge in [-0.2, -0.15) is 0 Å². The molecule has 4 heteroatoms. The molecule has 0 amide bonds. The number of benzene rings is 3. The van der Waals surface area contributed by atoms with Crippen molar-refractivity contribution in [2.45, 2.75) is 32.5 Å². The molecule has 31 heavy (non-hydrogen) atoms. The zero-order chi connectivity index (χ0) is 21.8. The first-order chi connectivity index (χ1) is 15.1. The molecular formula is C27H28O4. The number of fused-ring (bicyclic) bond motifs is 1. The molecule has 0 bridgehead atoms. The predicted octanol–water partition coefficient (Wildman–Crippen LogP) is 6.55. The second-order valence-corrected chi connectivity index (χ2v) is 7.65. The highest BCUT2D eigenvalue weighted by atomic mass is 16.5. The molecular weight excluding hydrogens is 388 g/mol. The summed E-state index contributed by atoms with van der Waals surface area (Å²) in [7, 11) is 3.34. The summed E-state index contributed by atoms with van der Waals surface area (Å²) in [6.45, 7) is 4.68. The highest BCUT2D eigenvalue weighted by molar-refractivity contribution is 5.62. The Morgan fingerprint density at radius 3 is 2.39 bits per heavy atom. The standard InChI is InChI=1S/C27H28O4/c1-5-9-20-14-22-18(2)26(31-27(22)25(15-20)29-4)21-12-13-23(24(16-21)28-3)30-17-19-10-7-6-8-11-19/h5-16,18,26H,17H2,1-4H3/b9-5+. The van der Waals surface area contributed by atoms with E-state index in [9.17, 15) is 0 Å². The zero-order valence-electron chi connectivity index (χ0n) is 18.4. The maximum atomic E-state index is 6.38. The number of hydrogen-bond donors (Lipinski definition) is 0. The first-order valence-corrected chi connectivity index (χ1v) is 10.5. The molecule has 3 aromatic rings. The van der Waals surface area contributed by atoms with Crippen molar-refractivity contribution >= 4 is 6.08 Å². The number of methoxy groups -OCH3 is 2. The van der Waals surface area contributed by atoms with Gasteiger partial charge in [0.2, 0.25) is 0 Å². The van der Waals surface area contributed by atoms with Crippen LogP contribution in [0.3, 0.4) is 0 Å². The van der Waals surface area contributed by atoms with Crippen LogP contribution in [0.5, 0.6) is 23.0 Å². The van der Waals surface area contributed by atoms with Crippen LogP contribution in [0.2, 0.25) is 0 Å². The minimum atomic E-state index is -0.123. The van der Waals surface area contributed by atoms with E-state index >= 15 is 0 Å². The molecule has 0 aliphatic carbocycles. The highest BCUT2D eigenvalue weighted by Gasteiger charge is 2.35. The predicted molar refractivity (Wildman–Crippen MR) is 123 cm³/mol. The summed E-state index contributed by atoms with van der Waals surface area (Å²) in [6, 6.07) is 20.3. The SMILES string of the molecule is C/C=C/c1cc(OC)c2c(c1)C(C)C(c1ccc(OCc3ccccc3)c(OC)c1)O2. The smallest absolute Gasteiger partial charge is 0.165 e. The van der Waals surface area contributed by atoms with Crippen molar-refractivity contribution in [3.05, 3.63) is 89.0 Å². The van der Waals surface area contributed by atoms with Gasteiger partial charge in [-0.15, -0.1) is 0 Å². The Bertz CT molecular complexity index is 1070. The van der Waals surface area contributed by atoms with Crippen LogP contribution in [-0.2, 0) is 6.61 Å². The van der Waals surface area contributed by atoms with Crippen LogP contribution in [-0.4, -0.2) is 14.2 Å². The highest BCUT2D eigenvalue weighted by Crippen LogP contribution is 2.51. The quantitative estimate of drug-likeness (QED) is 0.437. The molecule has 0 radical (unpaired) electrons. The lowest BCUT2D eigenvalue weighted by molar-refractivity contribution is 0.207. The zero-order valence-corrected chi connectivity index (χ0v) is 18.4. The molecule has 2 unspecified atom stereocenters. The van der Waals surface area contributed by atoms with Gasteiger partial charge in [-0.25, -0.2) is 0 Å². The van der Waals surface area contributed by atoms with E-state index in [0.29, 0.717) is 18.1 Å². The summed E-state index contributed by atoms with van der Waals surface area (Å²) in [5, 5.41) is 0. The second kappa shape index (κ2) is 9.17. The molecule has 4 nitrogen and oxygen atoms in total. The fraction of sp³-hybridized carbons (Fsp3) is 0.259. The largest absolute Gasteiger partial charge is 0.493 e. The number of ether oxygens (including phenoxy) is 4. The van der Waals surface area contributed by atoms with Gasteiger partial charge in [-0.3, -0.25) is 0 Å². The van der Waals surface area contributed by atoms with E-state index in [1.807, 2.05) is 61.5 Å². The minimum Gasteiger partial charge on any atom is -0.493 e. The topological polar surface area (TPSA) is 36.9 Å². The Labute approximate surface area is 184 Å². The molecule has 4 rings (SSSR count). The van der Waals surface area contributed by atoms with Gasteiger partial charge in [0.05, 0.1) is 14.2 Å². The Morgan fingerprint density at radius 1 is 0.903 bits per heavy atom. The molecule has 3 aromatic carbocycles. The first kappa shape index (κ1) is 20.9. The van der Waals surface area contributed by atoms with Gasteiger partial charge >= 0.3 is 0 Å². The summed E-state index contributed by atoms with van der Waals surface area (Å²) in [6.07, 6.45) is 3.98. The summed E-state index contributed by atoms with van der Waals surface area (Å²) < 4.78 is 23.6. The Morgan fingerprint density at radius 2 is 1.68 bits per heavy atom. The average Bonchev–Trinajstić information content (AvgIpc) is 3.14. The molecule has 1 heterocycles. The van der Waals surface area contributed by atoms with Gasteiger partial charge in [0.15, 0.2) is 23.0 Å². The molecule has 2 atom stereocenters. The van der Waals surface area contributed by atoms with E-state index in [4.69, 9.17) is 18.9 Å². The van der Waals surface area contributed by atoms with Crippen molar-refractivity contribution in [2.75, 3.05) is 14.2 Å². The average molecular weight is 417 g/mol. The molecule has 0 spiro atoms. The monoisotopic (exact) mass is 416 g/mol. The van der Waals surface area contributed by atoms with Gasteiger partial charge in [-0.1, -0.05) is 55.5 Å². The lowest BCUT2D eigenvalue weighted by Crippen LogP contribution is -2.08. The summed E-state index contributed by atoms with van der Waals surface area (Å²) in [4.78, 5) is 0. The third-order valence-corrected chi connectivity index (χ3v) is 5.63. The van der Waals surface area contributed by atoms with Crippen LogP contribution in [0.25, 0.3) is 6.08 Å². The molecule has 0 N–H and O–H groups in total. The van der Waals surface area contributed by atoms with Crippen molar-refractivity contribution in [1.29, 1.82) is 0 Å². The maximum Gasteiger partial charge on any atom is 0.165 e. The lowest BCUT2D eigenvalue weighted by atomic mass is 9.91. The van der Waals surface area contributed by atoms with E-state index < -0.39 is 0 Å². The van der Waals surface area contributed by atoms with Crippen LogP contribution in [0.1, 0.15) is 48.1 Å². The molecule has 0 saturated carbocycles. The van der Waals surface area contributed by atoms with Gasteiger partial charge in [0.25, 0.3) is 0 Å². The molecule has 160 valence electrons. The van der Waals surface area contributed by atoms with E-state index in [0.717, 1.165) is 33.8 Å². The Kier molecular flexibility index (Phi) is 6.17. The summed E-state index contributed by atoms with van der Waals surface area (Å²) in [5.41, 5.74) is 4.42. The normalized spacial score (nSPS) is 17.3. The Balaban J connectivity index is 1.59. The maximum absolute atomic E-state index is 6.38. The van der Waals surface area contributed by atoms with Crippen LogP contribution >= 0.6 is 0 Å². The molecule has 0 aromatic heterocycles. The Hall–Kier alpha value is -3.40. The van der Waals surface area contributed by atoms with Gasteiger partial charge in [0, 0.05) is 11.5 Å². The van der Waals surface area contributed by atoms with Crippen molar-refractivity contribution in [1.82, 2.24) is 0 Å². The summed E-state index contributed by atoms with van der Waals surface area (Å²) in [5.74, 6) is 3.16. The van der Waals surface area contributed by atoms with Crippen molar-refractivity contribution < 1.29 is 18.9 Å². The van der Waals surface area contributed by atoms with Crippen LogP contribution < -0.4 is 18.9 Å². The third-order valence-electron chi connectivity index (χ3n) is 5.63. The molecule has 1 aliphatic rings. The number of allylic oxidation sites excluding steroid dienone is 1. The van der Waals surface area contributed by atoms with Gasteiger partial charge < -0.3 is 18.9 Å². The molecule has 1 aliphatic heterocycles. The van der Waals surface area contributed by atoms with Crippen LogP contribution in [0.15, 0.2) is 66.7 Å². The number of rotatable bonds is 7. The van der Waals surface area contributed by atoms with Crippen molar-refractivity contribution in [3.63, 3.8) is 0 Å².